The van der Waals surface area contributed by atoms with Gasteiger partial charge in [0.2, 0.25) is 5.95 Å². The lowest BCUT2D eigenvalue weighted by atomic mass is 9.91. The minimum atomic E-state index is -0.602. The maximum absolute atomic E-state index is 11.8. The number of carbonyl (C=O) groups excluding carboxylic acids is 1. The van der Waals surface area contributed by atoms with Crippen LogP contribution in [-0.4, -0.2) is 42.7 Å². The summed E-state index contributed by atoms with van der Waals surface area (Å²) in [6.07, 6.45) is 8.86. The van der Waals surface area contributed by atoms with Crippen molar-refractivity contribution in [1.82, 2.24) is 24.7 Å². The molecule has 3 aromatic rings. The number of nitrogens with zero attached hydrogens (tertiary/aromatic N) is 5. The smallest absolute Gasteiger partial charge is 0.254 e. The van der Waals surface area contributed by atoms with Crippen LogP contribution < -0.4 is 22.1 Å². The lowest BCUT2D eigenvalue weighted by Gasteiger charge is -2.29. The Morgan fingerprint density at radius 2 is 1.83 bits per heavy atom. The van der Waals surface area contributed by atoms with E-state index < -0.39 is 5.91 Å². The lowest BCUT2D eigenvalue weighted by molar-refractivity contribution is 0.100. The van der Waals surface area contributed by atoms with E-state index in [0.29, 0.717) is 11.8 Å². The molecule has 0 bridgehead atoms. The Bertz CT molecular complexity index is 972. The van der Waals surface area contributed by atoms with Crippen LogP contribution in [0.5, 0.6) is 0 Å². The molecule has 1 aliphatic carbocycles. The molecule has 0 saturated heterocycles. The molecule has 1 aromatic carbocycles. The monoisotopic (exact) mass is 393 g/mol. The first-order valence-corrected chi connectivity index (χ1v) is 9.51. The molecule has 0 unspecified atom stereocenters. The fourth-order valence-corrected chi connectivity index (χ4v) is 3.42. The molecule has 1 amide bonds. The van der Waals surface area contributed by atoms with Gasteiger partial charge in [0.25, 0.3) is 5.91 Å². The number of hydrogen-bond donors (Lipinski definition) is 4. The molecule has 0 radical (unpaired) electrons. The average Bonchev–Trinajstić information content (AvgIpc) is 3.25. The lowest BCUT2D eigenvalue weighted by Crippen LogP contribution is -2.43. The van der Waals surface area contributed by atoms with Gasteiger partial charge in [-0.15, -0.1) is 10.2 Å². The molecule has 10 nitrogen and oxygen atoms in total. The summed E-state index contributed by atoms with van der Waals surface area (Å²) in [5.41, 5.74) is 13.6. The van der Waals surface area contributed by atoms with Crippen molar-refractivity contribution >= 4 is 23.4 Å². The first kappa shape index (κ1) is 18.8. The number of nitrogens with two attached hydrogens (primary N) is 2. The molecule has 2 atom stereocenters. The van der Waals surface area contributed by atoms with Gasteiger partial charge in [0, 0.05) is 29.7 Å². The second-order valence-electron chi connectivity index (χ2n) is 7.06. The Morgan fingerprint density at radius 1 is 1.10 bits per heavy atom. The standard InChI is InChI=1S/C19H23N9O/c20-15-3-1-2-4-16(15)26-19-22-9-14(17(21)29)18(27-19)25-12-5-7-13(8-6-12)28-10-23-24-11-28/h5-11,15-16H,1-4,20H2,(H2,21,29)(H2,22,25,26,27)/t15-,16+/m0/s1. The van der Waals surface area contributed by atoms with Gasteiger partial charge < -0.3 is 22.1 Å². The summed E-state index contributed by atoms with van der Waals surface area (Å²) in [5.74, 6) is 0.159. The van der Waals surface area contributed by atoms with Crippen LogP contribution >= 0.6 is 0 Å². The van der Waals surface area contributed by atoms with Crippen LogP contribution in [0.2, 0.25) is 0 Å². The Kier molecular flexibility index (Phi) is 5.34. The van der Waals surface area contributed by atoms with Crippen molar-refractivity contribution in [3.63, 3.8) is 0 Å². The SMILES string of the molecule is NC(=O)c1cnc(N[C@@H]2CCCC[C@@H]2N)nc1Nc1ccc(-n2cnnc2)cc1. The van der Waals surface area contributed by atoms with Gasteiger partial charge in [0.15, 0.2) is 0 Å². The van der Waals surface area contributed by atoms with Crippen molar-refractivity contribution in [2.45, 2.75) is 37.8 Å². The number of primary amides is 1. The van der Waals surface area contributed by atoms with Crippen LogP contribution in [0.1, 0.15) is 36.0 Å². The first-order valence-electron chi connectivity index (χ1n) is 9.51. The molecule has 1 fully saturated rings. The van der Waals surface area contributed by atoms with Gasteiger partial charge in [-0.25, -0.2) is 4.98 Å². The van der Waals surface area contributed by atoms with E-state index in [1.165, 1.54) is 6.20 Å². The third-order valence-electron chi connectivity index (χ3n) is 5.04. The van der Waals surface area contributed by atoms with Gasteiger partial charge in [0.05, 0.1) is 0 Å². The number of rotatable bonds is 6. The van der Waals surface area contributed by atoms with Crippen molar-refractivity contribution in [3.05, 3.63) is 48.7 Å². The summed E-state index contributed by atoms with van der Waals surface area (Å²) in [7, 11) is 0. The maximum Gasteiger partial charge on any atom is 0.254 e. The van der Waals surface area contributed by atoms with E-state index in [0.717, 1.165) is 37.1 Å². The zero-order chi connectivity index (χ0) is 20.2. The summed E-state index contributed by atoms with van der Waals surface area (Å²) in [6, 6.07) is 7.70. The molecule has 0 spiro atoms. The number of anilines is 3. The highest BCUT2D eigenvalue weighted by Gasteiger charge is 2.23. The van der Waals surface area contributed by atoms with E-state index >= 15 is 0 Å². The second-order valence-corrected chi connectivity index (χ2v) is 7.06. The first-order chi connectivity index (χ1) is 14.1. The molecule has 2 aromatic heterocycles. The summed E-state index contributed by atoms with van der Waals surface area (Å²) < 4.78 is 1.79. The Balaban J connectivity index is 1.55. The third-order valence-corrected chi connectivity index (χ3v) is 5.04. The number of amides is 1. The molecule has 1 saturated carbocycles. The van der Waals surface area contributed by atoms with Crippen LogP contribution in [0.15, 0.2) is 43.1 Å². The van der Waals surface area contributed by atoms with Gasteiger partial charge in [-0.3, -0.25) is 9.36 Å². The third kappa shape index (κ3) is 4.32. The van der Waals surface area contributed by atoms with Gasteiger partial charge in [-0.2, -0.15) is 4.98 Å². The van der Waals surface area contributed by atoms with E-state index in [4.69, 9.17) is 11.5 Å². The molecule has 2 heterocycles. The predicted molar refractivity (Wildman–Crippen MR) is 109 cm³/mol. The van der Waals surface area contributed by atoms with Gasteiger partial charge in [-0.1, -0.05) is 12.8 Å². The zero-order valence-electron chi connectivity index (χ0n) is 15.8. The summed E-state index contributed by atoms with van der Waals surface area (Å²) >= 11 is 0. The van der Waals surface area contributed by atoms with Crippen LogP contribution in [0.3, 0.4) is 0 Å². The fraction of sp³-hybridized carbons (Fsp3) is 0.316. The van der Waals surface area contributed by atoms with Crippen molar-refractivity contribution in [2.24, 2.45) is 11.5 Å². The minimum absolute atomic E-state index is 0.0600. The Hall–Kier alpha value is -3.53. The van der Waals surface area contributed by atoms with Crippen LogP contribution in [0.25, 0.3) is 5.69 Å². The summed E-state index contributed by atoms with van der Waals surface area (Å²) in [5, 5.41) is 14.0. The number of nitrogens with one attached hydrogen (secondary N) is 2. The molecular formula is C19H23N9O. The topological polar surface area (TPSA) is 150 Å². The van der Waals surface area contributed by atoms with Gasteiger partial charge in [-0.05, 0) is 37.1 Å². The molecule has 150 valence electrons. The Morgan fingerprint density at radius 3 is 2.52 bits per heavy atom. The highest BCUT2D eigenvalue weighted by atomic mass is 16.1. The molecular weight excluding hydrogens is 370 g/mol. The van der Waals surface area contributed by atoms with Crippen LogP contribution in [0.4, 0.5) is 17.5 Å². The summed E-state index contributed by atoms with van der Waals surface area (Å²) in [6.45, 7) is 0. The highest BCUT2D eigenvalue weighted by Crippen LogP contribution is 2.23. The molecule has 0 aliphatic heterocycles. The highest BCUT2D eigenvalue weighted by molar-refractivity contribution is 5.98. The van der Waals surface area contributed by atoms with E-state index in [9.17, 15) is 4.79 Å². The van der Waals surface area contributed by atoms with E-state index in [1.54, 1.807) is 17.2 Å². The zero-order valence-corrected chi connectivity index (χ0v) is 15.8. The minimum Gasteiger partial charge on any atom is -0.365 e. The average molecular weight is 393 g/mol. The predicted octanol–water partition coefficient (Wildman–Crippen LogP) is 1.58. The number of carbonyl (C=O) groups is 1. The van der Waals surface area contributed by atoms with Gasteiger partial charge in [0.1, 0.15) is 24.0 Å². The van der Waals surface area contributed by atoms with E-state index in [-0.39, 0.29) is 17.6 Å². The molecule has 10 heteroatoms. The summed E-state index contributed by atoms with van der Waals surface area (Å²) in [4.78, 5) is 20.5. The molecule has 29 heavy (non-hydrogen) atoms. The largest absolute Gasteiger partial charge is 0.365 e. The quantitative estimate of drug-likeness (QED) is 0.493. The molecule has 4 rings (SSSR count). The molecule has 1 aliphatic rings. The normalized spacial score (nSPS) is 18.9. The van der Waals surface area contributed by atoms with Crippen LogP contribution in [0, 0.1) is 0 Å². The van der Waals surface area contributed by atoms with Crippen molar-refractivity contribution in [3.8, 4) is 5.69 Å². The number of aromatic nitrogens is 5. The molecule has 6 N–H and O–H groups in total. The Labute approximate surface area is 167 Å². The maximum atomic E-state index is 11.8. The number of hydrogen-bond acceptors (Lipinski definition) is 8. The fourth-order valence-electron chi connectivity index (χ4n) is 3.42. The van der Waals surface area contributed by atoms with Crippen LogP contribution in [-0.2, 0) is 0 Å². The number of benzene rings is 1. The van der Waals surface area contributed by atoms with Crippen molar-refractivity contribution in [2.75, 3.05) is 10.6 Å². The van der Waals surface area contributed by atoms with E-state index in [1.807, 2.05) is 24.3 Å². The van der Waals surface area contributed by atoms with E-state index in [2.05, 4.69) is 30.8 Å². The van der Waals surface area contributed by atoms with Gasteiger partial charge >= 0.3 is 0 Å². The van der Waals surface area contributed by atoms with Crippen molar-refractivity contribution in [1.29, 1.82) is 0 Å². The second kappa shape index (κ2) is 8.23. The van der Waals surface area contributed by atoms with Crippen molar-refractivity contribution < 1.29 is 4.79 Å².